The zero-order valence-corrected chi connectivity index (χ0v) is 29.6. The molecule has 2 aromatic rings. The first-order valence-corrected chi connectivity index (χ1v) is 19.2. The van der Waals surface area contributed by atoms with Crippen molar-refractivity contribution in [2.75, 3.05) is 32.7 Å². The molecule has 49 heavy (non-hydrogen) atoms. The number of amides is 2. The van der Waals surface area contributed by atoms with Crippen LogP contribution >= 0.6 is 0 Å². The van der Waals surface area contributed by atoms with Crippen molar-refractivity contribution in [3.63, 3.8) is 0 Å². The summed E-state index contributed by atoms with van der Waals surface area (Å²) >= 11 is 0. The molecule has 6 aliphatic rings. The van der Waals surface area contributed by atoms with E-state index >= 15 is 0 Å². The molecule has 0 spiro atoms. The van der Waals surface area contributed by atoms with Crippen LogP contribution in [0, 0.1) is 40.4 Å². The highest BCUT2D eigenvalue weighted by Gasteiger charge is 2.62. The van der Waals surface area contributed by atoms with E-state index in [2.05, 4.69) is 18.7 Å². The number of benzene rings is 1. The first-order valence-electron chi connectivity index (χ1n) is 19.2. The predicted octanol–water partition coefficient (Wildman–Crippen LogP) is 4.92. The summed E-state index contributed by atoms with van der Waals surface area (Å²) in [7, 11) is 0. The van der Waals surface area contributed by atoms with Gasteiger partial charge >= 0.3 is 0 Å². The van der Waals surface area contributed by atoms with Crippen molar-refractivity contribution in [2.24, 2.45) is 40.4 Å². The zero-order valence-electron chi connectivity index (χ0n) is 29.6. The van der Waals surface area contributed by atoms with Crippen LogP contribution in [0.3, 0.4) is 0 Å². The normalized spacial score (nSPS) is 40.1. The molecule has 1 aromatic heterocycles. The molecule has 8 rings (SSSR count). The summed E-state index contributed by atoms with van der Waals surface area (Å²) in [6.45, 7) is 10.1. The van der Waals surface area contributed by atoms with E-state index in [1.54, 1.807) is 29.2 Å². The number of likely N-dealkylation sites (tertiary alicyclic amines) is 1. The van der Waals surface area contributed by atoms with Gasteiger partial charge in [-0.05, 0) is 124 Å². The Morgan fingerprint density at radius 2 is 1.69 bits per heavy atom. The largest absolute Gasteiger partial charge is 0.451 e. The molecule has 2 saturated heterocycles. The van der Waals surface area contributed by atoms with Crippen LogP contribution in [-0.2, 0) is 4.79 Å². The Morgan fingerprint density at radius 1 is 0.939 bits per heavy atom. The van der Waals surface area contributed by atoms with Crippen molar-refractivity contribution < 1.29 is 24.2 Å². The molecule has 4 aliphatic carbocycles. The second kappa shape index (κ2) is 12.5. The van der Waals surface area contributed by atoms with Crippen molar-refractivity contribution in [2.45, 2.75) is 109 Å². The summed E-state index contributed by atoms with van der Waals surface area (Å²) in [6.07, 6.45) is 9.94. The van der Waals surface area contributed by atoms with Gasteiger partial charge in [-0.2, -0.15) is 0 Å². The monoisotopic (exact) mass is 673 g/mol. The van der Waals surface area contributed by atoms with E-state index in [1.165, 1.54) is 38.2 Å². The molecule has 11 atom stereocenters. The molecule has 266 valence electrons. The Kier molecular flexibility index (Phi) is 8.51. The minimum absolute atomic E-state index is 0.0189. The van der Waals surface area contributed by atoms with Crippen LogP contribution in [0.1, 0.15) is 95.5 Å². The number of hydrogen-bond acceptors (Lipinski definition) is 7. The van der Waals surface area contributed by atoms with Crippen molar-refractivity contribution in [3.8, 4) is 0 Å². The summed E-state index contributed by atoms with van der Waals surface area (Å²) in [5.41, 5.74) is 0.558. The van der Waals surface area contributed by atoms with Gasteiger partial charge in [0, 0.05) is 44.8 Å². The van der Waals surface area contributed by atoms with E-state index in [-0.39, 0.29) is 46.2 Å². The van der Waals surface area contributed by atoms with E-state index in [1.807, 2.05) is 11.8 Å². The average molecular weight is 674 g/mol. The molecule has 3 heterocycles. The van der Waals surface area contributed by atoms with Crippen LogP contribution in [0.25, 0.3) is 11.0 Å². The van der Waals surface area contributed by atoms with Crippen molar-refractivity contribution in [3.05, 3.63) is 46.3 Å². The van der Waals surface area contributed by atoms with Gasteiger partial charge in [0.1, 0.15) is 11.6 Å². The number of hydrogen-bond donors (Lipinski definition) is 2. The highest BCUT2D eigenvalue weighted by atomic mass is 16.3. The number of aliphatic hydroxyl groups excluding tert-OH is 2. The number of para-hydroxylation sites is 1. The zero-order chi connectivity index (χ0) is 34.2. The first-order chi connectivity index (χ1) is 23.5. The lowest BCUT2D eigenvalue weighted by Crippen LogP contribution is -2.62. The van der Waals surface area contributed by atoms with E-state index in [0.717, 1.165) is 38.8 Å². The van der Waals surface area contributed by atoms with Crippen molar-refractivity contribution in [1.82, 2.24) is 14.7 Å². The number of aliphatic hydroxyl groups is 2. The topological polar surface area (TPSA) is 115 Å². The van der Waals surface area contributed by atoms with Gasteiger partial charge in [0.2, 0.25) is 5.91 Å². The number of piperazine rings is 1. The Hall–Kier alpha value is -2.75. The highest BCUT2D eigenvalue weighted by molar-refractivity contribution is 5.97. The summed E-state index contributed by atoms with van der Waals surface area (Å²) < 4.78 is 5.84. The maximum atomic E-state index is 13.9. The van der Waals surface area contributed by atoms with Gasteiger partial charge in [0.05, 0.1) is 17.6 Å². The second-order valence-corrected chi connectivity index (χ2v) is 17.2. The number of carbonyl (C=O) groups excluding carboxylic acids is 2. The highest BCUT2D eigenvalue weighted by Crippen LogP contribution is 2.68. The maximum absolute atomic E-state index is 13.9. The van der Waals surface area contributed by atoms with E-state index in [4.69, 9.17) is 4.42 Å². The number of carbonyl (C=O) groups is 2. The molecule has 2 N–H and O–H groups in total. The number of rotatable bonds is 4. The molecule has 4 saturated carbocycles. The van der Waals surface area contributed by atoms with Gasteiger partial charge < -0.3 is 24.4 Å². The predicted molar refractivity (Wildman–Crippen MR) is 187 cm³/mol. The summed E-state index contributed by atoms with van der Waals surface area (Å²) in [6, 6.07) is 7.70. The fraction of sp³-hybridized carbons (Fsp3) is 0.725. The van der Waals surface area contributed by atoms with Gasteiger partial charge in [-0.1, -0.05) is 26.0 Å². The molecule has 2 amide bonds. The van der Waals surface area contributed by atoms with Crippen molar-refractivity contribution >= 4 is 22.8 Å². The maximum Gasteiger partial charge on any atom is 0.290 e. The third-order valence-electron chi connectivity index (χ3n) is 15.1. The SMILES string of the molecule is C[C@@H](O)[C@H]1CC[C@H]2[C@@H]3CC[C@H]4C[C@H](O)[C@@H](N5CCN(C(=O)[C@@H]6CCCN6C(=O)c6cc(=O)c7ccccc7o6)CC5)C[C@]4(C)[C@H]3CC[C@]12C. The van der Waals surface area contributed by atoms with Gasteiger partial charge in [-0.3, -0.25) is 19.3 Å². The van der Waals surface area contributed by atoms with Crippen LogP contribution in [0.5, 0.6) is 0 Å². The Bertz CT molecular complexity index is 1650. The lowest BCUT2D eigenvalue weighted by Gasteiger charge is -2.63. The minimum atomic E-state index is -0.559. The summed E-state index contributed by atoms with van der Waals surface area (Å²) in [5.74, 6) is 2.60. The molecule has 6 fully saturated rings. The third kappa shape index (κ3) is 5.40. The van der Waals surface area contributed by atoms with Gasteiger partial charge in [0.15, 0.2) is 11.2 Å². The Morgan fingerprint density at radius 3 is 2.47 bits per heavy atom. The summed E-state index contributed by atoms with van der Waals surface area (Å²) in [5, 5.41) is 22.7. The second-order valence-electron chi connectivity index (χ2n) is 17.2. The van der Waals surface area contributed by atoms with Crippen LogP contribution in [0.2, 0.25) is 0 Å². The molecule has 0 unspecified atom stereocenters. The number of nitrogens with zero attached hydrogens (tertiary/aromatic N) is 3. The van der Waals surface area contributed by atoms with Crippen LogP contribution in [0.15, 0.2) is 39.5 Å². The average Bonchev–Trinajstić information content (AvgIpc) is 3.73. The number of fused-ring (bicyclic) bond motifs is 6. The standard InChI is InChI=1S/C40H55N3O6/c1-24(44)28-12-13-29-26-11-10-25-21-34(46)32(23-40(25,3)30(26)14-15-39(28,29)2)41-17-19-42(20-18-41)37(47)31-8-6-16-43(31)38(48)36-22-33(45)27-7-4-5-9-35(27)49-36/h4-5,7,9,22,24-26,28-32,34,44,46H,6,8,10-21,23H2,1-3H3/t24-,25+,26+,28-,29+,30+,31+,32+,34+,39-,40+/m1/s1. The summed E-state index contributed by atoms with van der Waals surface area (Å²) in [4.78, 5) is 46.1. The Labute approximate surface area is 290 Å². The van der Waals surface area contributed by atoms with Crippen molar-refractivity contribution in [1.29, 1.82) is 0 Å². The van der Waals surface area contributed by atoms with Gasteiger partial charge in [-0.25, -0.2) is 0 Å². The molecule has 0 radical (unpaired) electrons. The fourth-order valence-electron chi connectivity index (χ4n) is 12.6. The quantitative estimate of drug-likeness (QED) is 0.474. The van der Waals surface area contributed by atoms with E-state index < -0.39 is 11.9 Å². The van der Waals surface area contributed by atoms with Crippen LogP contribution < -0.4 is 5.43 Å². The van der Waals surface area contributed by atoms with Crippen LogP contribution in [-0.4, -0.2) is 93.7 Å². The van der Waals surface area contributed by atoms with Gasteiger partial charge in [-0.15, -0.1) is 0 Å². The fourth-order valence-corrected chi connectivity index (χ4v) is 12.6. The van der Waals surface area contributed by atoms with E-state index in [0.29, 0.717) is 66.6 Å². The molecule has 9 nitrogen and oxygen atoms in total. The molecule has 0 bridgehead atoms. The van der Waals surface area contributed by atoms with E-state index in [9.17, 15) is 24.6 Å². The molecular formula is C40H55N3O6. The Balaban J connectivity index is 0.925. The molecule has 1 aromatic carbocycles. The molecule has 9 heteroatoms. The lowest BCUT2D eigenvalue weighted by atomic mass is 9.44. The van der Waals surface area contributed by atoms with Gasteiger partial charge in [0.25, 0.3) is 5.91 Å². The minimum Gasteiger partial charge on any atom is -0.451 e. The molecule has 2 aliphatic heterocycles. The van der Waals surface area contributed by atoms with Crippen LogP contribution in [0.4, 0.5) is 0 Å². The third-order valence-corrected chi connectivity index (χ3v) is 15.1. The smallest absolute Gasteiger partial charge is 0.290 e. The first kappa shape index (κ1) is 33.4. The lowest BCUT2D eigenvalue weighted by molar-refractivity contribution is -0.156. The molecular weight excluding hydrogens is 618 g/mol.